The van der Waals surface area contributed by atoms with Crippen molar-refractivity contribution in [2.24, 2.45) is 5.92 Å². The molecule has 0 radical (unpaired) electrons. The minimum atomic E-state index is -1.01. The molecule has 142 valence electrons. The quantitative estimate of drug-likeness (QED) is 0.776. The van der Waals surface area contributed by atoms with E-state index in [1.54, 1.807) is 0 Å². The molecule has 1 unspecified atom stereocenters. The number of carbonyl (C=O) groups excluding carboxylic acids is 2. The van der Waals surface area contributed by atoms with Gasteiger partial charge in [0.2, 0.25) is 5.91 Å². The molecule has 2 rings (SSSR count). The Hall–Kier alpha value is -2.57. The highest BCUT2D eigenvalue weighted by Gasteiger charge is 2.39. The number of hydrogen-bond acceptors (Lipinski definition) is 4. The van der Waals surface area contributed by atoms with E-state index < -0.39 is 24.1 Å². The average Bonchev–Trinajstić information content (AvgIpc) is 3.14. The third-order valence-corrected chi connectivity index (χ3v) is 4.79. The van der Waals surface area contributed by atoms with Crippen LogP contribution in [0.15, 0.2) is 30.3 Å². The smallest absolute Gasteiger partial charge is 0.408 e. The van der Waals surface area contributed by atoms with E-state index in [0.717, 1.165) is 5.56 Å². The van der Waals surface area contributed by atoms with Crippen molar-refractivity contribution >= 4 is 18.0 Å². The van der Waals surface area contributed by atoms with E-state index in [2.05, 4.69) is 5.32 Å². The Kier molecular flexibility index (Phi) is 7.00. The summed E-state index contributed by atoms with van der Waals surface area (Å²) < 4.78 is 5.20. The second-order valence-electron chi connectivity index (χ2n) is 6.60. The fourth-order valence-corrected chi connectivity index (χ4v) is 3.04. The second-order valence-corrected chi connectivity index (χ2v) is 6.60. The Morgan fingerprint density at radius 2 is 2.00 bits per heavy atom. The van der Waals surface area contributed by atoms with Crippen LogP contribution in [0.3, 0.4) is 0 Å². The molecule has 0 saturated carbocycles. The molecule has 0 spiro atoms. The molecule has 1 aliphatic heterocycles. The number of rotatable bonds is 7. The zero-order chi connectivity index (χ0) is 19.1. The summed E-state index contributed by atoms with van der Waals surface area (Å²) in [4.78, 5) is 37.7. The first-order valence-corrected chi connectivity index (χ1v) is 8.94. The molecule has 1 aromatic carbocycles. The number of likely N-dealkylation sites (tertiary alicyclic amines) is 1. The molecule has 1 aliphatic rings. The maximum absolute atomic E-state index is 12.9. The van der Waals surface area contributed by atoms with E-state index in [9.17, 15) is 19.5 Å². The molecule has 1 heterocycles. The molecule has 26 heavy (non-hydrogen) atoms. The molecule has 0 aliphatic carbocycles. The molecule has 7 nitrogen and oxygen atoms in total. The van der Waals surface area contributed by atoms with Crippen LogP contribution in [0.5, 0.6) is 0 Å². The van der Waals surface area contributed by atoms with Crippen LogP contribution in [0.4, 0.5) is 4.79 Å². The minimum absolute atomic E-state index is 0.107. The van der Waals surface area contributed by atoms with E-state index in [0.29, 0.717) is 25.8 Å². The van der Waals surface area contributed by atoms with Crippen LogP contribution in [0.2, 0.25) is 0 Å². The number of ether oxygens (including phenoxy) is 1. The normalized spacial score (nSPS) is 18.8. The van der Waals surface area contributed by atoms with Crippen LogP contribution in [0.25, 0.3) is 0 Å². The maximum Gasteiger partial charge on any atom is 0.408 e. The summed E-state index contributed by atoms with van der Waals surface area (Å²) in [7, 11) is 0. The lowest BCUT2D eigenvalue weighted by Gasteiger charge is -2.30. The maximum atomic E-state index is 12.9. The summed E-state index contributed by atoms with van der Waals surface area (Å²) in [5.41, 5.74) is 0.847. The topological polar surface area (TPSA) is 95.9 Å². The standard InChI is InChI=1S/C19H26N2O5/c1-3-13(2)16(17(22)21-11-7-10-15(21)18(23)24)20-19(25)26-12-14-8-5-4-6-9-14/h4-6,8-9,13,15-16H,3,7,10-12H2,1-2H3,(H,20,25)(H,23,24)/t13-,15?,16+/m1/s1. The lowest BCUT2D eigenvalue weighted by molar-refractivity contribution is -0.149. The van der Waals surface area contributed by atoms with E-state index in [-0.39, 0.29) is 18.4 Å². The monoisotopic (exact) mass is 362 g/mol. The van der Waals surface area contributed by atoms with Crippen molar-refractivity contribution < 1.29 is 24.2 Å². The van der Waals surface area contributed by atoms with Crippen molar-refractivity contribution in [3.63, 3.8) is 0 Å². The fraction of sp³-hybridized carbons (Fsp3) is 0.526. The molecular weight excluding hydrogens is 336 g/mol. The van der Waals surface area contributed by atoms with Gasteiger partial charge in [0.1, 0.15) is 18.7 Å². The first-order chi connectivity index (χ1) is 12.4. The fourth-order valence-electron chi connectivity index (χ4n) is 3.04. The van der Waals surface area contributed by atoms with Gasteiger partial charge in [0, 0.05) is 6.54 Å². The van der Waals surface area contributed by atoms with Gasteiger partial charge in [-0.2, -0.15) is 0 Å². The number of hydrogen-bond donors (Lipinski definition) is 2. The number of amides is 2. The zero-order valence-corrected chi connectivity index (χ0v) is 15.2. The van der Waals surface area contributed by atoms with E-state index in [1.807, 2.05) is 44.2 Å². The van der Waals surface area contributed by atoms with Crippen molar-refractivity contribution in [2.75, 3.05) is 6.54 Å². The summed E-state index contributed by atoms with van der Waals surface area (Å²) in [5.74, 6) is -1.51. The number of aliphatic carboxylic acids is 1. The number of carboxylic acid groups (broad SMARTS) is 1. The number of nitrogens with one attached hydrogen (secondary N) is 1. The Balaban J connectivity index is 2.01. The molecule has 1 aromatic rings. The number of alkyl carbamates (subject to hydrolysis) is 1. The highest BCUT2D eigenvalue weighted by Crippen LogP contribution is 2.21. The molecule has 0 bridgehead atoms. The van der Waals surface area contributed by atoms with E-state index in [4.69, 9.17) is 4.74 Å². The van der Waals surface area contributed by atoms with Crippen LogP contribution in [-0.4, -0.2) is 46.6 Å². The lowest BCUT2D eigenvalue weighted by Crippen LogP contribution is -2.54. The third kappa shape index (κ3) is 4.97. The molecule has 2 amide bonds. The zero-order valence-electron chi connectivity index (χ0n) is 15.2. The Labute approximate surface area is 153 Å². The molecule has 7 heteroatoms. The van der Waals surface area contributed by atoms with Gasteiger partial charge < -0.3 is 20.1 Å². The Bertz CT molecular complexity index is 634. The summed E-state index contributed by atoms with van der Waals surface area (Å²) in [6.07, 6.45) is 1.07. The van der Waals surface area contributed by atoms with Gasteiger partial charge in [0.15, 0.2) is 0 Å². The number of carbonyl (C=O) groups is 3. The van der Waals surface area contributed by atoms with Gasteiger partial charge in [-0.15, -0.1) is 0 Å². The number of nitrogens with zero attached hydrogens (tertiary/aromatic N) is 1. The summed E-state index contributed by atoms with van der Waals surface area (Å²) in [6, 6.07) is 7.62. The second kappa shape index (κ2) is 9.22. The molecule has 3 atom stereocenters. The number of carboxylic acids is 1. The van der Waals surface area contributed by atoms with Crippen molar-refractivity contribution in [1.29, 1.82) is 0 Å². The van der Waals surface area contributed by atoms with E-state index >= 15 is 0 Å². The van der Waals surface area contributed by atoms with Crippen molar-refractivity contribution in [1.82, 2.24) is 10.2 Å². The number of benzene rings is 1. The summed E-state index contributed by atoms with van der Waals surface area (Å²) in [6.45, 7) is 4.27. The summed E-state index contributed by atoms with van der Waals surface area (Å²) in [5, 5.41) is 11.9. The van der Waals surface area contributed by atoms with Crippen LogP contribution in [-0.2, 0) is 20.9 Å². The van der Waals surface area contributed by atoms with Gasteiger partial charge in [-0.1, -0.05) is 50.6 Å². The van der Waals surface area contributed by atoms with Gasteiger partial charge in [-0.25, -0.2) is 9.59 Å². The van der Waals surface area contributed by atoms with Crippen molar-refractivity contribution in [3.8, 4) is 0 Å². The lowest BCUT2D eigenvalue weighted by atomic mass is 9.97. The van der Waals surface area contributed by atoms with Gasteiger partial charge in [-0.3, -0.25) is 4.79 Å². The first kappa shape index (κ1) is 19.8. The predicted molar refractivity (Wildman–Crippen MR) is 95.4 cm³/mol. The van der Waals surface area contributed by atoms with Crippen LogP contribution in [0.1, 0.15) is 38.7 Å². The molecule has 2 N–H and O–H groups in total. The van der Waals surface area contributed by atoms with Crippen LogP contribution >= 0.6 is 0 Å². The largest absolute Gasteiger partial charge is 0.480 e. The molecule has 1 fully saturated rings. The van der Waals surface area contributed by atoms with Gasteiger partial charge in [-0.05, 0) is 24.3 Å². The average molecular weight is 362 g/mol. The molecule has 0 aromatic heterocycles. The van der Waals surface area contributed by atoms with Crippen molar-refractivity contribution in [3.05, 3.63) is 35.9 Å². The highest BCUT2D eigenvalue weighted by atomic mass is 16.5. The van der Waals surface area contributed by atoms with Crippen molar-refractivity contribution in [2.45, 2.75) is 51.8 Å². The highest BCUT2D eigenvalue weighted by molar-refractivity contribution is 5.90. The molecular formula is C19H26N2O5. The predicted octanol–water partition coefficient (Wildman–Crippen LogP) is 2.40. The first-order valence-electron chi connectivity index (χ1n) is 8.94. The molecule has 1 saturated heterocycles. The third-order valence-electron chi connectivity index (χ3n) is 4.79. The van der Waals surface area contributed by atoms with Crippen LogP contribution < -0.4 is 5.32 Å². The van der Waals surface area contributed by atoms with Gasteiger partial charge in [0.05, 0.1) is 0 Å². The van der Waals surface area contributed by atoms with E-state index in [1.165, 1.54) is 4.90 Å². The SMILES string of the molecule is CC[C@@H](C)[C@H](NC(=O)OCc1ccccc1)C(=O)N1CCCC1C(=O)O. The van der Waals surface area contributed by atoms with Crippen LogP contribution in [0, 0.1) is 5.92 Å². The van der Waals surface area contributed by atoms with Gasteiger partial charge in [0.25, 0.3) is 0 Å². The minimum Gasteiger partial charge on any atom is -0.480 e. The Morgan fingerprint density at radius 1 is 1.31 bits per heavy atom. The summed E-state index contributed by atoms with van der Waals surface area (Å²) >= 11 is 0. The van der Waals surface area contributed by atoms with Gasteiger partial charge >= 0.3 is 12.1 Å². The Morgan fingerprint density at radius 3 is 2.62 bits per heavy atom.